The lowest BCUT2D eigenvalue weighted by atomic mass is 9.95. The van der Waals surface area contributed by atoms with Gasteiger partial charge in [-0.25, -0.2) is 8.42 Å². The van der Waals surface area contributed by atoms with Crippen molar-refractivity contribution in [2.24, 2.45) is 0 Å². The molecule has 2 aromatic rings. The standard InChI is InChI=1S/C26H33ClN4O6S/c1-3-24(26(33)28-20-11-5-4-6-12-20)29(17-19-10-7-8-15-23(19)27)25(32)18-30(38(2,36)37)21-13-9-14-22(16-21)31(34)35/h7-10,13-16,20,24H,3-6,11-12,17-18H2,1-2H3,(H,28,33)/t24-/m1/s1. The van der Waals surface area contributed by atoms with Crippen molar-refractivity contribution in [1.82, 2.24) is 10.2 Å². The van der Waals surface area contributed by atoms with Crippen LogP contribution in [0.1, 0.15) is 51.0 Å². The zero-order valence-corrected chi connectivity index (χ0v) is 23.1. The van der Waals surface area contributed by atoms with E-state index < -0.39 is 33.4 Å². The van der Waals surface area contributed by atoms with Crippen molar-refractivity contribution < 1.29 is 22.9 Å². The number of non-ortho nitro benzene ring substituents is 1. The second kappa shape index (κ2) is 13.1. The van der Waals surface area contributed by atoms with Gasteiger partial charge in [-0.05, 0) is 37.0 Å². The van der Waals surface area contributed by atoms with Crippen molar-refractivity contribution in [3.63, 3.8) is 0 Å². The van der Waals surface area contributed by atoms with E-state index in [2.05, 4.69) is 5.32 Å². The number of hydrogen-bond donors (Lipinski definition) is 1. The molecule has 1 saturated carbocycles. The van der Waals surface area contributed by atoms with Crippen LogP contribution in [0.5, 0.6) is 0 Å². The summed E-state index contributed by atoms with van der Waals surface area (Å²) in [6.07, 6.45) is 6.13. The van der Waals surface area contributed by atoms with E-state index in [1.54, 1.807) is 31.2 Å². The number of rotatable bonds is 11. The Morgan fingerprint density at radius 3 is 2.42 bits per heavy atom. The van der Waals surface area contributed by atoms with Gasteiger partial charge in [0.2, 0.25) is 21.8 Å². The van der Waals surface area contributed by atoms with Crippen molar-refractivity contribution in [2.75, 3.05) is 17.1 Å². The third kappa shape index (κ3) is 7.67. The SMILES string of the molecule is CC[C@H](C(=O)NC1CCCCC1)N(Cc1ccccc1Cl)C(=O)CN(c1cccc([N+](=O)[O-])c1)S(C)(=O)=O. The normalized spacial score (nSPS) is 14.9. The highest BCUT2D eigenvalue weighted by Gasteiger charge is 2.33. The highest BCUT2D eigenvalue weighted by atomic mass is 35.5. The number of halogens is 1. The lowest BCUT2D eigenvalue weighted by molar-refractivity contribution is -0.384. The monoisotopic (exact) mass is 564 g/mol. The van der Waals surface area contributed by atoms with Gasteiger partial charge in [0.05, 0.1) is 16.9 Å². The number of benzene rings is 2. The van der Waals surface area contributed by atoms with Crippen molar-refractivity contribution in [3.8, 4) is 0 Å². The van der Waals surface area contributed by atoms with Crippen LogP contribution in [0, 0.1) is 10.1 Å². The molecule has 12 heteroatoms. The first kappa shape index (κ1) is 29.4. The fourth-order valence-electron chi connectivity index (χ4n) is 4.65. The van der Waals surface area contributed by atoms with Gasteiger partial charge in [-0.15, -0.1) is 0 Å². The van der Waals surface area contributed by atoms with E-state index in [1.165, 1.54) is 23.1 Å². The lowest BCUT2D eigenvalue weighted by Crippen LogP contribution is -2.54. The van der Waals surface area contributed by atoms with E-state index >= 15 is 0 Å². The van der Waals surface area contributed by atoms with Crippen molar-refractivity contribution in [3.05, 3.63) is 69.2 Å². The minimum atomic E-state index is -4.01. The number of sulfonamides is 1. The Kier molecular flexibility index (Phi) is 10.1. The Morgan fingerprint density at radius 1 is 1.13 bits per heavy atom. The van der Waals surface area contributed by atoms with Gasteiger partial charge in [-0.1, -0.05) is 62.1 Å². The molecule has 1 fully saturated rings. The molecule has 1 atom stereocenters. The number of hydrogen-bond acceptors (Lipinski definition) is 6. The van der Waals surface area contributed by atoms with E-state index in [4.69, 9.17) is 11.6 Å². The zero-order chi connectivity index (χ0) is 27.9. The summed E-state index contributed by atoms with van der Waals surface area (Å²) in [5.74, 6) is -0.937. The van der Waals surface area contributed by atoms with Crippen LogP contribution in [0.15, 0.2) is 48.5 Å². The van der Waals surface area contributed by atoms with Crippen LogP contribution >= 0.6 is 11.6 Å². The summed E-state index contributed by atoms with van der Waals surface area (Å²) in [4.78, 5) is 39.1. The summed E-state index contributed by atoms with van der Waals surface area (Å²) >= 11 is 6.37. The third-order valence-corrected chi connectivity index (χ3v) is 8.15. The molecule has 38 heavy (non-hydrogen) atoms. The van der Waals surface area contributed by atoms with Crippen LogP contribution in [0.4, 0.5) is 11.4 Å². The van der Waals surface area contributed by atoms with Crippen LogP contribution in [0.25, 0.3) is 0 Å². The number of nitrogens with zero attached hydrogens (tertiary/aromatic N) is 3. The number of carbonyl (C=O) groups excluding carboxylic acids is 2. The summed E-state index contributed by atoms with van der Waals surface area (Å²) in [6.45, 7) is 1.13. The predicted molar refractivity (Wildman–Crippen MR) is 146 cm³/mol. The van der Waals surface area contributed by atoms with Crippen LogP contribution in [-0.4, -0.2) is 54.9 Å². The molecule has 1 N–H and O–H groups in total. The zero-order valence-electron chi connectivity index (χ0n) is 21.5. The first-order valence-electron chi connectivity index (χ1n) is 12.6. The Hall–Kier alpha value is -3.18. The number of nitro groups is 1. The van der Waals surface area contributed by atoms with Crippen molar-refractivity contribution >= 4 is 44.8 Å². The minimum Gasteiger partial charge on any atom is -0.352 e. The molecule has 1 aliphatic rings. The smallest absolute Gasteiger partial charge is 0.271 e. The highest BCUT2D eigenvalue weighted by Crippen LogP contribution is 2.25. The molecule has 0 radical (unpaired) electrons. The average Bonchev–Trinajstić information content (AvgIpc) is 2.88. The molecule has 206 valence electrons. The number of carbonyl (C=O) groups is 2. The van der Waals surface area contributed by atoms with Gasteiger partial charge >= 0.3 is 0 Å². The Labute approximate surface area is 228 Å². The van der Waals surface area contributed by atoms with Crippen LogP contribution < -0.4 is 9.62 Å². The molecule has 0 aromatic heterocycles. The fourth-order valence-corrected chi connectivity index (χ4v) is 5.69. The van der Waals surface area contributed by atoms with Crippen LogP contribution in [0.2, 0.25) is 5.02 Å². The highest BCUT2D eigenvalue weighted by molar-refractivity contribution is 7.92. The summed E-state index contributed by atoms with van der Waals surface area (Å²) < 4.78 is 26.2. The van der Waals surface area contributed by atoms with Gasteiger partial charge < -0.3 is 10.2 Å². The van der Waals surface area contributed by atoms with E-state index in [1.807, 2.05) is 0 Å². The first-order valence-corrected chi connectivity index (χ1v) is 14.8. The summed E-state index contributed by atoms with van der Waals surface area (Å²) in [5, 5.41) is 14.7. The van der Waals surface area contributed by atoms with Gasteiger partial charge in [0.25, 0.3) is 5.69 Å². The van der Waals surface area contributed by atoms with Gasteiger partial charge in [0.15, 0.2) is 0 Å². The molecule has 1 aliphatic carbocycles. The predicted octanol–water partition coefficient (Wildman–Crippen LogP) is 4.27. The number of amides is 2. The van der Waals surface area contributed by atoms with E-state index in [-0.39, 0.29) is 29.9 Å². The topological polar surface area (TPSA) is 130 Å². The summed E-state index contributed by atoms with van der Waals surface area (Å²) in [5.41, 5.74) is 0.273. The fraction of sp³-hybridized carbons (Fsp3) is 0.462. The summed E-state index contributed by atoms with van der Waals surface area (Å²) in [7, 11) is -4.01. The van der Waals surface area contributed by atoms with Crippen LogP contribution in [0.3, 0.4) is 0 Å². The molecule has 0 bridgehead atoms. The van der Waals surface area contributed by atoms with Gasteiger partial charge in [0, 0.05) is 29.7 Å². The number of nitro benzene ring substituents is 1. The molecule has 2 amide bonds. The van der Waals surface area contributed by atoms with Gasteiger partial charge in [-0.3, -0.25) is 24.0 Å². The maximum atomic E-state index is 13.8. The second-order valence-corrected chi connectivity index (χ2v) is 11.7. The van der Waals surface area contributed by atoms with E-state index in [0.29, 0.717) is 17.0 Å². The molecular formula is C26H33ClN4O6S. The molecule has 0 saturated heterocycles. The Bertz CT molecular complexity index is 1270. The lowest BCUT2D eigenvalue weighted by Gasteiger charge is -2.34. The molecule has 3 rings (SSSR count). The van der Waals surface area contributed by atoms with Crippen molar-refractivity contribution in [1.29, 1.82) is 0 Å². The third-order valence-electron chi connectivity index (χ3n) is 6.64. The second-order valence-electron chi connectivity index (χ2n) is 9.43. The molecule has 0 heterocycles. The van der Waals surface area contributed by atoms with Crippen molar-refractivity contribution in [2.45, 2.75) is 64.1 Å². The maximum Gasteiger partial charge on any atom is 0.271 e. The number of anilines is 1. The van der Waals surface area contributed by atoms with Gasteiger partial charge in [-0.2, -0.15) is 0 Å². The maximum absolute atomic E-state index is 13.8. The molecule has 10 nitrogen and oxygen atoms in total. The minimum absolute atomic E-state index is 0.0123. The molecule has 0 aliphatic heterocycles. The first-order chi connectivity index (χ1) is 18.0. The number of nitrogens with one attached hydrogen (secondary N) is 1. The largest absolute Gasteiger partial charge is 0.352 e. The molecule has 0 unspecified atom stereocenters. The van der Waals surface area contributed by atoms with E-state index in [9.17, 15) is 28.1 Å². The quantitative estimate of drug-likeness (QED) is 0.320. The Balaban J connectivity index is 1.95. The summed E-state index contributed by atoms with van der Waals surface area (Å²) in [6, 6.07) is 11.1. The Morgan fingerprint density at radius 2 is 1.82 bits per heavy atom. The molecule has 2 aromatic carbocycles. The van der Waals surface area contributed by atoms with Crippen LogP contribution in [-0.2, 0) is 26.2 Å². The van der Waals surface area contributed by atoms with Gasteiger partial charge in [0.1, 0.15) is 12.6 Å². The molecular weight excluding hydrogens is 532 g/mol. The molecule has 0 spiro atoms. The average molecular weight is 565 g/mol. The van der Waals surface area contributed by atoms with E-state index in [0.717, 1.165) is 48.7 Å².